The van der Waals surface area contributed by atoms with Crippen molar-refractivity contribution in [3.05, 3.63) is 0 Å². The van der Waals surface area contributed by atoms with E-state index >= 15 is 0 Å². The molecule has 0 aromatic rings. The number of nitrogens with two attached hydrogens (primary N) is 1. The Kier molecular flexibility index (Phi) is 5.60. The van der Waals surface area contributed by atoms with Gasteiger partial charge in [0.25, 0.3) is 0 Å². The standard InChI is InChI=1S/C14H29N3O/c1-5-11(2)12(15)13(18)16-10-14(3)6-8-17(4)9-7-14/h11-12H,5-10,15H2,1-4H3,(H,16,18)/t11-,12-/m0/s1. The molecule has 1 aliphatic rings. The molecule has 0 aromatic carbocycles. The van der Waals surface area contributed by atoms with Gasteiger partial charge in [-0.25, -0.2) is 0 Å². The van der Waals surface area contributed by atoms with Crippen molar-refractivity contribution in [3.63, 3.8) is 0 Å². The molecule has 0 unspecified atom stereocenters. The maximum absolute atomic E-state index is 11.9. The molecule has 4 nitrogen and oxygen atoms in total. The van der Waals surface area contributed by atoms with Crippen LogP contribution in [-0.2, 0) is 4.79 Å². The lowest BCUT2D eigenvalue weighted by atomic mass is 9.80. The van der Waals surface area contributed by atoms with Gasteiger partial charge in [-0.15, -0.1) is 0 Å². The second-order valence-corrected chi connectivity index (χ2v) is 6.24. The Balaban J connectivity index is 2.38. The Morgan fingerprint density at radius 2 is 2.00 bits per heavy atom. The third-order valence-corrected chi connectivity index (χ3v) is 4.44. The maximum atomic E-state index is 11.9. The van der Waals surface area contributed by atoms with E-state index in [4.69, 9.17) is 5.73 Å². The van der Waals surface area contributed by atoms with Crippen LogP contribution in [0.25, 0.3) is 0 Å². The predicted octanol–water partition coefficient (Wildman–Crippen LogP) is 1.21. The number of nitrogens with zero attached hydrogens (tertiary/aromatic N) is 1. The van der Waals surface area contributed by atoms with E-state index in [0.29, 0.717) is 0 Å². The van der Waals surface area contributed by atoms with Crippen molar-refractivity contribution in [2.75, 3.05) is 26.7 Å². The minimum Gasteiger partial charge on any atom is -0.354 e. The van der Waals surface area contributed by atoms with Crippen LogP contribution in [0.5, 0.6) is 0 Å². The van der Waals surface area contributed by atoms with Crippen LogP contribution in [0.1, 0.15) is 40.0 Å². The fourth-order valence-electron chi connectivity index (χ4n) is 2.27. The van der Waals surface area contributed by atoms with E-state index < -0.39 is 0 Å². The molecular formula is C14H29N3O. The van der Waals surface area contributed by atoms with Crippen LogP contribution in [-0.4, -0.2) is 43.5 Å². The van der Waals surface area contributed by atoms with Crippen LogP contribution in [0.3, 0.4) is 0 Å². The summed E-state index contributed by atoms with van der Waals surface area (Å²) < 4.78 is 0. The van der Waals surface area contributed by atoms with E-state index in [9.17, 15) is 4.79 Å². The predicted molar refractivity (Wildman–Crippen MR) is 75.3 cm³/mol. The summed E-state index contributed by atoms with van der Waals surface area (Å²) in [6, 6.07) is -0.370. The van der Waals surface area contributed by atoms with Crippen molar-refractivity contribution in [3.8, 4) is 0 Å². The molecule has 1 heterocycles. The van der Waals surface area contributed by atoms with Crippen LogP contribution in [0.2, 0.25) is 0 Å². The largest absolute Gasteiger partial charge is 0.354 e. The van der Waals surface area contributed by atoms with Crippen LogP contribution in [0.15, 0.2) is 0 Å². The monoisotopic (exact) mass is 255 g/mol. The summed E-state index contributed by atoms with van der Waals surface area (Å²) in [6.07, 6.45) is 3.22. The van der Waals surface area contributed by atoms with Gasteiger partial charge in [0, 0.05) is 6.54 Å². The first-order chi connectivity index (χ1) is 8.38. The summed E-state index contributed by atoms with van der Waals surface area (Å²) in [5, 5.41) is 3.04. The summed E-state index contributed by atoms with van der Waals surface area (Å²) in [7, 11) is 2.15. The van der Waals surface area contributed by atoms with Gasteiger partial charge in [0.05, 0.1) is 6.04 Å². The highest BCUT2D eigenvalue weighted by Crippen LogP contribution is 2.29. The minimum atomic E-state index is -0.370. The highest BCUT2D eigenvalue weighted by molar-refractivity contribution is 5.81. The first kappa shape index (κ1) is 15.4. The topological polar surface area (TPSA) is 58.4 Å². The van der Waals surface area contributed by atoms with Crippen molar-refractivity contribution in [2.24, 2.45) is 17.1 Å². The van der Waals surface area contributed by atoms with Gasteiger partial charge in [-0.1, -0.05) is 27.2 Å². The van der Waals surface area contributed by atoms with Gasteiger partial charge < -0.3 is 16.0 Å². The van der Waals surface area contributed by atoms with Gasteiger partial charge in [-0.2, -0.15) is 0 Å². The van der Waals surface area contributed by atoms with E-state index in [1.165, 1.54) is 0 Å². The second kappa shape index (κ2) is 6.53. The number of carbonyl (C=O) groups is 1. The van der Waals surface area contributed by atoms with Crippen molar-refractivity contribution >= 4 is 5.91 Å². The number of amides is 1. The molecule has 0 radical (unpaired) electrons. The molecule has 0 aromatic heterocycles. The number of hydrogen-bond acceptors (Lipinski definition) is 3. The van der Waals surface area contributed by atoms with Crippen LogP contribution >= 0.6 is 0 Å². The zero-order valence-electron chi connectivity index (χ0n) is 12.3. The van der Waals surface area contributed by atoms with Gasteiger partial charge >= 0.3 is 0 Å². The highest BCUT2D eigenvalue weighted by atomic mass is 16.2. The molecule has 106 valence electrons. The molecular weight excluding hydrogens is 226 g/mol. The first-order valence-corrected chi connectivity index (χ1v) is 7.10. The molecule has 0 spiro atoms. The second-order valence-electron chi connectivity index (χ2n) is 6.24. The van der Waals surface area contributed by atoms with Gasteiger partial charge in [-0.3, -0.25) is 4.79 Å². The van der Waals surface area contributed by atoms with E-state index in [0.717, 1.165) is 38.9 Å². The summed E-state index contributed by atoms with van der Waals surface area (Å²) in [5.74, 6) is 0.250. The smallest absolute Gasteiger partial charge is 0.237 e. The van der Waals surface area contributed by atoms with E-state index in [1.807, 2.05) is 6.92 Å². The molecule has 0 aliphatic carbocycles. The summed E-state index contributed by atoms with van der Waals surface area (Å²) >= 11 is 0. The molecule has 2 atom stereocenters. The number of nitrogens with one attached hydrogen (secondary N) is 1. The Hall–Kier alpha value is -0.610. The Labute approximate surface area is 111 Å². The quantitative estimate of drug-likeness (QED) is 0.776. The molecule has 0 saturated carbocycles. The summed E-state index contributed by atoms with van der Waals surface area (Å²) in [4.78, 5) is 14.3. The van der Waals surface area contributed by atoms with E-state index in [2.05, 4.69) is 31.1 Å². The fourth-order valence-corrected chi connectivity index (χ4v) is 2.27. The van der Waals surface area contributed by atoms with Gasteiger partial charge in [0.1, 0.15) is 0 Å². The normalized spacial score (nSPS) is 23.4. The lowest BCUT2D eigenvalue weighted by molar-refractivity contribution is -0.124. The number of hydrogen-bond donors (Lipinski definition) is 2. The SMILES string of the molecule is CC[C@H](C)[C@H](N)C(=O)NCC1(C)CCN(C)CC1. The molecule has 1 fully saturated rings. The zero-order valence-corrected chi connectivity index (χ0v) is 12.3. The van der Waals surface area contributed by atoms with Gasteiger partial charge in [0.15, 0.2) is 0 Å². The third-order valence-electron chi connectivity index (χ3n) is 4.44. The average Bonchev–Trinajstić information content (AvgIpc) is 2.38. The Morgan fingerprint density at radius 1 is 1.44 bits per heavy atom. The molecule has 3 N–H and O–H groups in total. The van der Waals surface area contributed by atoms with Crippen molar-refractivity contribution in [1.29, 1.82) is 0 Å². The number of rotatable bonds is 5. The van der Waals surface area contributed by atoms with Crippen LogP contribution in [0, 0.1) is 11.3 Å². The van der Waals surface area contributed by atoms with Crippen molar-refractivity contribution in [1.82, 2.24) is 10.2 Å². The molecule has 1 saturated heterocycles. The zero-order chi connectivity index (χ0) is 13.8. The van der Waals surface area contributed by atoms with Crippen LogP contribution < -0.4 is 11.1 Å². The van der Waals surface area contributed by atoms with Crippen molar-refractivity contribution in [2.45, 2.75) is 46.1 Å². The maximum Gasteiger partial charge on any atom is 0.237 e. The number of piperidine rings is 1. The van der Waals surface area contributed by atoms with Crippen LogP contribution in [0.4, 0.5) is 0 Å². The third kappa shape index (κ3) is 4.25. The van der Waals surface area contributed by atoms with Gasteiger partial charge in [-0.05, 0) is 44.3 Å². The average molecular weight is 255 g/mol. The van der Waals surface area contributed by atoms with E-state index in [1.54, 1.807) is 0 Å². The molecule has 1 amide bonds. The first-order valence-electron chi connectivity index (χ1n) is 7.10. The fraction of sp³-hybridized carbons (Fsp3) is 0.929. The lowest BCUT2D eigenvalue weighted by Crippen LogP contribution is -2.49. The van der Waals surface area contributed by atoms with Gasteiger partial charge in [0.2, 0.25) is 5.91 Å². The van der Waals surface area contributed by atoms with E-state index in [-0.39, 0.29) is 23.3 Å². The summed E-state index contributed by atoms with van der Waals surface area (Å²) in [5.41, 5.74) is 6.17. The Bertz CT molecular complexity index is 272. The highest BCUT2D eigenvalue weighted by Gasteiger charge is 2.30. The molecule has 1 aliphatic heterocycles. The number of carbonyl (C=O) groups excluding carboxylic acids is 1. The molecule has 4 heteroatoms. The summed E-state index contributed by atoms with van der Waals surface area (Å²) in [6.45, 7) is 9.34. The molecule has 1 rings (SSSR count). The Morgan fingerprint density at radius 3 is 2.50 bits per heavy atom. The lowest BCUT2D eigenvalue weighted by Gasteiger charge is -2.38. The number of likely N-dealkylation sites (tertiary alicyclic amines) is 1. The molecule has 18 heavy (non-hydrogen) atoms. The minimum absolute atomic E-state index is 0.00417. The molecule has 0 bridgehead atoms. The van der Waals surface area contributed by atoms with Crippen molar-refractivity contribution < 1.29 is 4.79 Å².